The SMILES string of the molecule is CCN(CC)c1ccc(C(=O)OC(C)C)cc1S(=O)(=O)Nc1ccc(C)cc1. The minimum Gasteiger partial charge on any atom is -0.459 e. The fraction of sp³-hybridized carbons (Fsp3) is 0.381. The van der Waals surface area contributed by atoms with E-state index < -0.39 is 16.0 Å². The van der Waals surface area contributed by atoms with Gasteiger partial charge in [0.2, 0.25) is 0 Å². The molecule has 0 amide bonds. The summed E-state index contributed by atoms with van der Waals surface area (Å²) in [6.45, 7) is 10.6. The summed E-state index contributed by atoms with van der Waals surface area (Å²) in [7, 11) is -3.91. The zero-order chi connectivity index (χ0) is 20.9. The van der Waals surface area contributed by atoms with Crippen LogP contribution in [0.3, 0.4) is 0 Å². The van der Waals surface area contributed by atoms with E-state index in [-0.39, 0.29) is 16.6 Å². The van der Waals surface area contributed by atoms with Crippen LogP contribution < -0.4 is 9.62 Å². The molecule has 2 aromatic carbocycles. The van der Waals surface area contributed by atoms with E-state index in [4.69, 9.17) is 4.74 Å². The van der Waals surface area contributed by atoms with Crippen molar-refractivity contribution in [1.29, 1.82) is 0 Å². The maximum atomic E-state index is 13.2. The van der Waals surface area contributed by atoms with E-state index >= 15 is 0 Å². The van der Waals surface area contributed by atoms with E-state index in [1.165, 1.54) is 6.07 Å². The number of aryl methyl sites for hydroxylation is 1. The fourth-order valence-corrected chi connectivity index (χ4v) is 4.11. The molecule has 0 aromatic heterocycles. The van der Waals surface area contributed by atoms with Crippen LogP contribution in [0.1, 0.15) is 43.6 Å². The Morgan fingerprint density at radius 3 is 2.21 bits per heavy atom. The molecule has 0 heterocycles. The summed E-state index contributed by atoms with van der Waals surface area (Å²) in [4.78, 5) is 14.3. The third kappa shape index (κ3) is 5.25. The molecule has 0 aliphatic heterocycles. The van der Waals surface area contributed by atoms with Gasteiger partial charge in [0.25, 0.3) is 10.0 Å². The summed E-state index contributed by atoms with van der Waals surface area (Å²) < 4.78 is 34.1. The number of hydrogen-bond acceptors (Lipinski definition) is 5. The molecule has 28 heavy (non-hydrogen) atoms. The van der Waals surface area contributed by atoms with E-state index in [1.807, 2.05) is 37.8 Å². The van der Waals surface area contributed by atoms with Crippen molar-refractivity contribution in [2.24, 2.45) is 0 Å². The lowest BCUT2D eigenvalue weighted by Crippen LogP contribution is -2.26. The third-order valence-electron chi connectivity index (χ3n) is 4.24. The van der Waals surface area contributed by atoms with E-state index in [9.17, 15) is 13.2 Å². The standard InChI is InChI=1S/C21H28N2O4S/c1-6-23(7-2)19-13-10-17(21(24)27-15(3)4)14-20(19)28(25,26)22-18-11-8-16(5)9-12-18/h8-15,22H,6-7H2,1-5H3. The van der Waals surface area contributed by atoms with Gasteiger partial charge < -0.3 is 9.64 Å². The van der Waals surface area contributed by atoms with Crippen LogP contribution in [0.5, 0.6) is 0 Å². The van der Waals surface area contributed by atoms with Crippen LogP contribution in [0.2, 0.25) is 0 Å². The van der Waals surface area contributed by atoms with E-state index in [0.717, 1.165) is 5.56 Å². The molecule has 152 valence electrons. The molecule has 0 radical (unpaired) electrons. The van der Waals surface area contributed by atoms with Gasteiger partial charge in [-0.05, 0) is 65.0 Å². The van der Waals surface area contributed by atoms with Crippen molar-refractivity contribution in [3.63, 3.8) is 0 Å². The Bertz CT molecular complexity index is 918. The smallest absolute Gasteiger partial charge is 0.338 e. The Labute approximate surface area is 167 Å². The summed E-state index contributed by atoms with van der Waals surface area (Å²) in [5.74, 6) is -0.548. The zero-order valence-corrected chi connectivity index (χ0v) is 17.8. The van der Waals surface area contributed by atoms with Crippen molar-refractivity contribution in [3.8, 4) is 0 Å². The highest BCUT2D eigenvalue weighted by molar-refractivity contribution is 7.92. The maximum Gasteiger partial charge on any atom is 0.338 e. The first-order valence-corrected chi connectivity index (χ1v) is 10.9. The Kier molecular flexibility index (Phi) is 7.07. The number of sulfonamides is 1. The maximum absolute atomic E-state index is 13.2. The van der Waals surface area contributed by atoms with Crippen LogP contribution in [0.15, 0.2) is 47.4 Å². The van der Waals surface area contributed by atoms with Gasteiger partial charge in [0.1, 0.15) is 4.90 Å². The molecule has 6 nitrogen and oxygen atoms in total. The Hall–Kier alpha value is -2.54. The molecule has 2 aromatic rings. The lowest BCUT2D eigenvalue weighted by Gasteiger charge is -2.24. The van der Waals surface area contributed by atoms with Gasteiger partial charge >= 0.3 is 5.97 Å². The number of nitrogens with one attached hydrogen (secondary N) is 1. The van der Waals surface area contributed by atoms with E-state index in [1.54, 1.807) is 38.1 Å². The summed E-state index contributed by atoms with van der Waals surface area (Å²) in [6.07, 6.45) is -0.291. The number of nitrogens with zero attached hydrogens (tertiary/aromatic N) is 1. The van der Waals surface area contributed by atoms with E-state index in [0.29, 0.717) is 24.5 Å². The summed E-state index contributed by atoms with van der Waals surface area (Å²) in [5.41, 5.74) is 2.25. The van der Waals surface area contributed by atoms with Crippen molar-refractivity contribution in [3.05, 3.63) is 53.6 Å². The van der Waals surface area contributed by atoms with Crippen LogP contribution in [0.4, 0.5) is 11.4 Å². The molecule has 0 saturated heterocycles. The molecule has 0 aliphatic rings. The number of anilines is 2. The zero-order valence-electron chi connectivity index (χ0n) is 17.0. The number of benzene rings is 2. The normalized spacial score (nSPS) is 11.4. The molecule has 0 atom stereocenters. The second-order valence-electron chi connectivity index (χ2n) is 6.78. The molecule has 0 spiro atoms. The lowest BCUT2D eigenvalue weighted by molar-refractivity contribution is 0.0377. The number of ether oxygens (including phenoxy) is 1. The van der Waals surface area contributed by atoms with Gasteiger partial charge in [-0.1, -0.05) is 17.7 Å². The Morgan fingerprint density at radius 1 is 1.07 bits per heavy atom. The highest BCUT2D eigenvalue weighted by Gasteiger charge is 2.24. The van der Waals surface area contributed by atoms with Crippen LogP contribution in [-0.4, -0.2) is 33.6 Å². The predicted molar refractivity (Wildman–Crippen MR) is 113 cm³/mol. The Balaban J connectivity index is 2.52. The van der Waals surface area contributed by atoms with Gasteiger partial charge in [0.15, 0.2) is 0 Å². The predicted octanol–water partition coefficient (Wildman–Crippen LogP) is 4.21. The lowest BCUT2D eigenvalue weighted by atomic mass is 10.2. The quantitative estimate of drug-likeness (QED) is 0.667. The van der Waals surface area contributed by atoms with Gasteiger partial charge in [-0.2, -0.15) is 0 Å². The molecule has 0 fully saturated rings. The van der Waals surface area contributed by atoms with Crippen molar-refractivity contribution < 1.29 is 17.9 Å². The van der Waals surface area contributed by atoms with Gasteiger partial charge in [-0.15, -0.1) is 0 Å². The summed E-state index contributed by atoms with van der Waals surface area (Å²) in [5, 5.41) is 0. The minimum absolute atomic E-state index is 0.0509. The first kappa shape index (κ1) is 21.8. The molecular formula is C21H28N2O4S. The first-order valence-electron chi connectivity index (χ1n) is 9.37. The number of esters is 1. The highest BCUT2D eigenvalue weighted by atomic mass is 32.2. The molecular weight excluding hydrogens is 376 g/mol. The van der Waals surface area contributed by atoms with Crippen LogP contribution >= 0.6 is 0 Å². The van der Waals surface area contributed by atoms with E-state index in [2.05, 4.69) is 4.72 Å². The fourth-order valence-electron chi connectivity index (χ4n) is 2.80. The van der Waals surface area contributed by atoms with Crippen LogP contribution in [0, 0.1) is 6.92 Å². The molecule has 1 N–H and O–H groups in total. The highest BCUT2D eigenvalue weighted by Crippen LogP contribution is 2.29. The Morgan fingerprint density at radius 2 is 1.68 bits per heavy atom. The number of hydrogen-bond donors (Lipinski definition) is 1. The molecule has 2 rings (SSSR count). The number of carbonyl (C=O) groups excluding carboxylic acids is 1. The van der Waals surface area contributed by atoms with Crippen LogP contribution in [-0.2, 0) is 14.8 Å². The average Bonchev–Trinajstić information content (AvgIpc) is 2.64. The van der Waals surface area contributed by atoms with Gasteiger partial charge in [0.05, 0.1) is 17.4 Å². The number of carbonyl (C=O) groups is 1. The molecule has 7 heteroatoms. The number of rotatable bonds is 8. The molecule has 0 aliphatic carbocycles. The second kappa shape index (κ2) is 9.10. The minimum atomic E-state index is -3.91. The van der Waals surface area contributed by atoms with Crippen molar-refractivity contribution in [1.82, 2.24) is 0 Å². The molecule has 0 unspecified atom stereocenters. The van der Waals surface area contributed by atoms with Crippen molar-refractivity contribution in [2.75, 3.05) is 22.7 Å². The third-order valence-corrected chi connectivity index (χ3v) is 5.65. The largest absolute Gasteiger partial charge is 0.459 e. The molecule has 0 bridgehead atoms. The van der Waals surface area contributed by atoms with Crippen LogP contribution in [0.25, 0.3) is 0 Å². The van der Waals surface area contributed by atoms with Gasteiger partial charge in [0, 0.05) is 18.8 Å². The summed E-state index contributed by atoms with van der Waals surface area (Å²) in [6, 6.07) is 11.7. The van der Waals surface area contributed by atoms with Crippen molar-refractivity contribution in [2.45, 2.75) is 45.6 Å². The van der Waals surface area contributed by atoms with Gasteiger partial charge in [-0.3, -0.25) is 4.72 Å². The average molecular weight is 405 g/mol. The summed E-state index contributed by atoms with van der Waals surface area (Å²) >= 11 is 0. The first-order chi connectivity index (χ1) is 13.2. The van der Waals surface area contributed by atoms with Gasteiger partial charge in [-0.25, -0.2) is 13.2 Å². The second-order valence-corrected chi connectivity index (χ2v) is 8.43. The topological polar surface area (TPSA) is 75.7 Å². The monoisotopic (exact) mass is 404 g/mol. The van der Waals surface area contributed by atoms with Crippen molar-refractivity contribution >= 4 is 27.4 Å². The molecule has 0 saturated carbocycles.